The third-order valence-electron chi connectivity index (χ3n) is 5.12. The Labute approximate surface area is 180 Å². The summed E-state index contributed by atoms with van der Waals surface area (Å²) in [5, 5.41) is 0.278. The summed E-state index contributed by atoms with van der Waals surface area (Å²) in [6.45, 7) is -9.42. The van der Waals surface area contributed by atoms with E-state index in [9.17, 15) is 11.0 Å². The van der Waals surface area contributed by atoms with Crippen molar-refractivity contribution in [1.82, 2.24) is 14.8 Å². The van der Waals surface area contributed by atoms with E-state index in [0.717, 1.165) is 0 Å². The SMILES string of the molecule is [2H]C1([2H])Oc2ccc([C@]3([2H])c4[nH]c5ccccc5c4C([2H])([2H])[C@@H]4C(=O)N(C([2H])([2H])[2H])C([2H])([2H])C(=O)N43)cc2O1. The van der Waals surface area contributed by atoms with Gasteiger partial charge in [0.1, 0.15) is 8.78 Å². The molecule has 0 aliphatic carbocycles. The van der Waals surface area contributed by atoms with E-state index in [0.29, 0.717) is 10.4 Å². The highest BCUT2D eigenvalue weighted by Gasteiger charge is 2.47. The number of carbonyl (C=O) groups excluding carboxylic acids is 2. The maximum atomic E-state index is 13.8. The first-order valence-corrected chi connectivity index (χ1v) is 8.74. The van der Waals surface area contributed by atoms with E-state index >= 15 is 0 Å². The van der Waals surface area contributed by atoms with Gasteiger partial charge in [-0.15, -0.1) is 0 Å². The number of likely N-dealkylation sites (N-methyl/N-ethyl adjacent to an activating group) is 1. The van der Waals surface area contributed by atoms with Gasteiger partial charge in [-0.1, -0.05) is 24.3 Å². The molecule has 1 N–H and O–H groups in total. The Bertz CT molecular complexity index is 1590. The summed E-state index contributed by atoms with van der Waals surface area (Å²) in [5.41, 5.74) is -0.117. The lowest BCUT2D eigenvalue weighted by Crippen LogP contribution is -2.62. The van der Waals surface area contributed by atoms with Crippen LogP contribution in [0.1, 0.15) is 36.5 Å². The number of nitrogens with one attached hydrogen (secondary N) is 1. The average Bonchev–Trinajstić information content (AvgIpc) is 3.35. The van der Waals surface area contributed by atoms with Crippen molar-refractivity contribution in [3.05, 3.63) is 59.3 Å². The summed E-state index contributed by atoms with van der Waals surface area (Å²) in [6, 6.07) is 5.37. The molecule has 2 amide bonds. The van der Waals surface area contributed by atoms with Crippen LogP contribution in [0.4, 0.5) is 0 Å². The van der Waals surface area contributed by atoms with E-state index in [2.05, 4.69) is 4.98 Å². The van der Waals surface area contributed by atoms with E-state index in [1.165, 1.54) is 18.2 Å². The number of ether oxygens (including phenoxy) is 2. The van der Waals surface area contributed by atoms with Gasteiger partial charge in [0.05, 0.1) is 16.6 Å². The van der Waals surface area contributed by atoms with E-state index < -0.39 is 50.5 Å². The molecule has 0 radical (unpaired) electrons. The van der Waals surface area contributed by atoms with Crippen LogP contribution in [-0.4, -0.2) is 52.9 Å². The second-order valence-corrected chi connectivity index (χ2v) is 6.73. The van der Waals surface area contributed by atoms with Gasteiger partial charge in [0.15, 0.2) is 11.5 Å². The summed E-state index contributed by atoms with van der Waals surface area (Å²) in [5.74, 6) is -3.31. The predicted molar refractivity (Wildman–Crippen MR) is 105 cm³/mol. The van der Waals surface area contributed by atoms with Gasteiger partial charge in [-0.25, -0.2) is 0 Å². The summed E-state index contributed by atoms with van der Waals surface area (Å²) in [7, 11) is 0. The first-order valence-electron chi connectivity index (χ1n) is 13.7. The minimum atomic E-state index is -3.46. The fourth-order valence-electron chi connectivity index (χ4n) is 3.85. The number of fused-ring (bicyclic) bond motifs is 5. The molecule has 1 saturated heterocycles. The van der Waals surface area contributed by atoms with E-state index in [1.54, 1.807) is 24.3 Å². The average molecular weight is 399 g/mol. The molecule has 0 unspecified atom stereocenters. The van der Waals surface area contributed by atoms with Crippen molar-refractivity contribution in [3.63, 3.8) is 0 Å². The number of hydrogen-bond acceptors (Lipinski definition) is 4. The molecule has 1 fully saturated rings. The molecule has 146 valence electrons. The standard InChI is InChI=1S/C22H19N3O4/c1-24-10-19(26)25-16(22(24)27)9-14-13-4-2-3-5-15(13)23-20(14)21(25)12-6-7-17-18(8-12)29-11-28-17/h2-8,16,21,23H,9-11H2,1H3/t16-,21-/m1/s1/i1D3,9D2,10D2,11D2,21D. The summed E-state index contributed by atoms with van der Waals surface area (Å²) in [6.07, 6.45) is -2.76. The van der Waals surface area contributed by atoms with Crippen LogP contribution in [0.25, 0.3) is 10.9 Å². The van der Waals surface area contributed by atoms with E-state index in [4.69, 9.17) is 21.8 Å². The Balaban J connectivity index is 1.69. The van der Waals surface area contributed by atoms with Crippen LogP contribution >= 0.6 is 0 Å². The first-order chi connectivity index (χ1) is 17.9. The van der Waals surface area contributed by atoms with Crippen molar-refractivity contribution in [3.8, 4) is 11.5 Å². The number of rotatable bonds is 1. The molecule has 1 aromatic heterocycles. The maximum absolute atomic E-state index is 13.8. The predicted octanol–water partition coefficient (Wildman–Crippen LogP) is 2.21. The van der Waals surface area contributed by atoms with Crippen LogP contribution in [0.3, 0.4) is 0 Å². The number of amides is 2. The van der Waals surface area contributed by atoms with Gasteiger partial charge in [-0.2, -0.15) is 0 Å². The van der Waals surface area contributed by atoms with E-state index in [1.807, 2.05) is 0 Å². The zero-order valence-corrected chi connectivity index (χ0v) is 14.6. The number of aromatic nitrogens is 1. The Hall–Kier alpha value is -3.48. The molecule has 2 atom stereocenters. The molecular weight excluding hydrogens is 370 g/mol. The lowest BCUT2D eigenvalue weighted by molar-refractivity contribution is -0.157. The molecule has 0 saturated carbocycles. The normalized spacial score (nSPS) is 36.1. The van der Waals surface area contributed by atoms with Crippen LogP contribution in [-0.2, 0) is 16.0 Å². The molecule has 0 bridgehead atoms. The number of hydrogen-bond donors (Lipinski definition) is 1. The summed E-state index contributed by atoms with van der Waals surface area (Å²) in [4.78, 5) is 30.7. The molecule has 6 rings (SSSR count). The molecule has 7 nitrogen and oxygen atoms in total. The Morgan fingerprint density at radius 3 is 2.97 bits per heavy atom. The molecule has 3 aliphatic rings. The first kappa shape index (κ1) is 9.35. The number of nitrogens with zero attached hydrogens (tertiary/aromatic N) is 2. The second-order valence-electron chi connectivity index (χ2n) is 6.73. The van der Waals surface area contributed by atoms with Crippen LogP contribution in [0.5, 0.6) is 11.5 Å². The van der Waals surface area contributed by atoms with E-state index in [-0.39, 0.29) is 38.6 Å². The minimum Gasteiger partial charge on any atom is -0.454 e. The van der Waals surface area contributed by atoms with Crippen molar-refractivity contribution < 1.29 is 32.8 Å². The van der Waals surface area contributed by atoms with Gasteiger partial charge < -0.3 is 24.3 Å². The fourth-order valence-corrected chi connectivity index (χ4v) is 3.85. The number of piperazine rings is 1. The van der Waals surface area contributed by atoms with Crippen molar-refractivity contribution in [1.29, 1.82) is 0 Å². The zero-order chi connectivity index (χ0) is 28.5. The number of carbonyl (C=O) groups is 2. The Morgan fingerprint density at radius 1 is 1.21 bits per heavy atom. The molecule has 4 heterocycles. The maximum Gasteiger partial charge on any atom is 0.245 e. The molecule has 0 spiro atoms. The van der Waals surface area contributed by atoms with Gasteiger partial charge in [0.25, 0.3) is 0 Å². The van der Waals surface area contributed by atoms with Crippen molar-refractivity contribution >= 4 is 22.7 Å². The minimum absolute atomic E-state index is 0.0168. The van der Waals surface area contributed by atoms with Crippen LogP contribution in [0.2, 0.25) is 0 Å². The van der Waals surface area contributed by atoms with Gasteiger partial charge >= 0.3 is 0 Å². The van der Waals surface area contributed by atoms with Gasteiger partial charge in [-0.05, 0) is 29.3 Å². The lowest BCUT2D eigenvalue weighted by atomic mass is 9.86. The lowest BCUT2D eigenvalue weighted by Gasteiger charge is -2.46. The smallest absolute Gasteiger partial charge is 0.245 e. The zero-order valence-electron chi connectivity index (χ0n) is 24.6. The van der Waals surface area contributed by atoms with Crippen molar-refractivity contribution in [2.75, 3.05) is 20.2 Å². The van der Waals surface area contributed by atoms with Gasteiger partial charge in [-0.3, -0.25) is 9.59 Å². The molecule has 2 aromatic carbocycles. The molecule has 7 heteroatoms. The van der Waals surface area contributed by atoms with Crippen LogP contribution < -0.4 is 9.47 Å². The molecule has 3 aromatic rings. The number of benzene rings is 2. The number of aromatic amines is 1. The fraction of sp³-hybridized carbons (Fsp3) is 0.273. The Morgan fingerprint density at radius 2 is 2.07 bits per heavy atom. The largest absolute Gasteiger partial charge is 0.454 e. The van der Waals surface area contributed by atoms with Gasteiger partial charge in [0.2, 0.25) is 18.6 Å². The quantitative estimate of drug-likeness (QED) is 0.681. The third kappa shape index (κ3) is 2.24. The highest BCUT2D eigenvalue weighted by Crippen LogP contribution is 2.44. The topological polar surface area (TPSA) is 74.9 Å². The van der Waals surface area contributed by atoms with Gasteiger partial charge in [0, 0.05) is 36.8 Å². The Kier molecular flexibility index (Phi) is 1.86. The summed E-state index contributed by atoms with van der Waals surface area (Å²) >= 11 is 0. The van der Waals surface area contributed by atoms with Crippen LogP contribution in [0.15, 0.2) is 42.5 Å². The highest BCUT2D eigenvalue weighted by molar-refractivity contribution is 5.97. The third-order valence-corrected chi connectivity index (χ3v) is 5.12. The molecule has 29 heavy (non-hydrogen) atoms. The molecular formula is C22H19N3O4. The van der Waals surface area contributed by atoms with Crippen molar-refractivity contribution in [2.45, 2.75) is 18.4 Å². The monoisotopic (exact) mass is 399 g/mol. The van der Waals surface area contributed by atoms with Crippen molar-refractivity contribution in [2.24, 2.45) is 0 Å². The number of H-pyrrole nitrogens is 1. The molecule has 3 aliphatic heterocycles. The summed E-state index contributed by atoms with van der Waals surface area (Å²) < 4.78 is 93.3. The number of para-hydroxylation sites is 1. The highest BCUT2D eigenvalue weighted by atomic mass is 16.7. The second kappa shape index (κ2) is 5.76. The van der Waals surface area contributed by atoms with Crippen LogP contribution in [0, 0.1) is 0 Å².